The lowest BCUT2D eigenvalue weighted by molar-refractivity contribution is 0.0986. The molecular weight excluding hydrogens is 518 g/mol. The fourth-order valence-corrected chi connectivity index (χ4v) is 4.91. The Kier molecular flexibility index (Phi) is 7.55. The second-order valence-corrected chi connectivity index (χ2v) is 9.68. The zero-order chi connectivity index (χ0) is 26.0. The largest absolute Gasteiger partial charge is 0.493 e. The Balaban J connectivity index is 1.94. The Morgan fingerprint density at radius 3 is 2.25 bits per heavy atom. The molecule has 6 heteroatoms. The predicted octanol–water partition coefficient (Wildman–Crippen LogP) is 7.66. The minimum absolute atomic E-state index is 0.0717. The van der Waals surface area contributed by atoms with Gasteiger partial charge in [0, 0.05) is 22.5 Å². The maximum atomic E-state index is 14.0. The van der Waals surface area contributed by atoms with Crippen molar-refractivity contribution in [1.82, 2.24) is 0 Å². The van der Waals surface area contributed by atoms with E-state index in [9.17, 15) is 4.79 Å². The second-order valence-electron chi connectivity index (χ2n) is 8.82. The first-order chi connectivity index (χ1) is 17.3. The van der Waals surface area contributed by atoms with Crippen molar-refractivity contribution in [3.8, 4) is 28.4 Å². The van der Waals surface area contributed by atoms with Crippen LogP contribution in [0.2, 0.25) is 0 Å². The third kappa shape index (κ3) is 4.65. The van der Waals surface area contributed by atoms with Crippen molar-refractivity contribution in [2.24, 2.45) is 0 Å². The number of rotatable bonds is 7. The number of ether oxygens (including phenoxy) is 3. The zero-order valence-electron chi connectivity index (χ0n) is 21.4. The van der Waals surface area contributed by atoms with Crippen LogP contribution in [0.3, 0.4) is 0 Å². The van der Waals surface area contributed by atoms with Crippen molar-refractivity contribution in [2.75, 3.05) is 26.2 Å². The van der Waals surface area contributed by atoms with Crippen LogP contribution in [0, 0.1) is 6.92 Å². The van der Waals surface area contributed by atoms with Crippen LogP contribution in [-0.4, -0.2) is 33.3 Å². The number of aryl methyl sites for hydroxylation is 1. The van der Waals surface area contributed by atoms with Gasteiger partial charge in [-0.15, -0.1) is 0 Å². The van der Waals surface area contributed by atoms with Crippen LogP contribution in [0.1, 0.15) is 29.8 Å². The van der Waals surface area contributed by atoms with Crippen LogP contribution in [0.5, 0.6) is 17.2 Å². The number of methoxy groups -OCH3 is 2. The fraction of sp³-hybridized carbons (Fsp3) is 0.233. The fourth-order valence-electron chi connectivity index (χ4n) is 4.43. The van der Waals surface area contributed by atoms with Crippen LogP contribution >= 0.6 is 15.9 Å². The number of carbonyl (C=O) groups excluding carboxylic acids is 1. The molecule has 0 atom stereocenters. The lowest BCUT2D eigenvalue weighted by Crippen LogP contribution is -2.28. The molecule has 0 bridgehead atoms. The standard InChI is InChI=1S/C30H30BrNO4/c1-18(2)36-28-19(3)15-16-23(31)27(28)30(33)32(4)24-14-10-13-21-22(24)17-25(34-5)29(35-6)26(21)20-11-8-7-9-12-20/h7-18H,1-6H3. The summed E-state index contributed by atoms with van der Waals surface area (Å²) in [6.45, 7) is 5.85. The summed E-state index contributed by atoms with van der Waals surface area (Å²) < 4.78 is 18.3. The summed E-state index contributed by atoms with van der Waals surface area (Å²) in [6.07, 6.45) is -0.0717. The van der Waals surface area contributed by atoms with Crippen molar-refractivity contribution in [2.45, 2.75) is 26.9 Å². The van der Waals surface area contributed by atoms with Crippen LogP contribution in [-0.2, 0) is 0 Å². The monoisotopic (exact) mass is 547 g/mol. The molecule has 0 aliphatic rings. The van der Waals surface area contributed by atoms with Gasteiger partial charge in [0.25, 0.3) is 5.91 Å². The van der Waals surface area contributed by atoms with E-state index in [-0.39, 0.29) is 12.0 Å². The molecule has 0 heterocycles. The molecule has 0 aromatic heterocycles. The molecule has 0 spiro atoms. The van der Waals surface area contributed by atoms with E-state index in [2.05, 4.69) is 15.9 Å². The number of carbonyl (C=O) groups is 1. The van der Waals surface area contributed by atoms with Gasteiger partial charge in [-0.1, -0.05) is 48.5 Å². The van der Waals surface area contributed by atoms with Gasteiger partial charge in [0.05, 0.1) is 31.6 Å². The Bertz CT molecular complexity index is 1420. The molecule has 36 heavy (non-hydrogen) atoms. The highest BCUT2D eigenvalue weighted by Crippen LogP contribution is 2.46. The quantitative estimate of drug-likeness (QED) is 0.238. The smallest absolute Gasteiger partial charge is 0.262 e. The van der Waals surface area contributed by atoms with Gasteiger partial charge in [0.1, 0.15) is 5.75 Å². The Morgan fingerprint density at radius 1 is 0.889 bits per heavy atom. The van der Waals surface area contributed by atoms with Crippen LogP contribution in [0.15, 0.2) is 71.2 Å². The molecule has 186 valence electrons. The second kappa shape index (κ2) is 10.6. The van der Waals surface area contributed by atoms with Gasteiger partial charge in [0.15, 0.2) is 11.5 Å². The first-order valence-corrected chi connectivity index (χ1v) is 12.5. The van der Waals surface area contributed by atoms with Crippen molar-refractivity contribution < 1.29 is 19.0 Å². The molecule has 4 aromatic rings. The van der Waals surface area contributed by atoms with Crippen LogP contribution in [0.25, 0.3) is 21.9 Å². The maximum Gasteiger partial charge on any atom is 0.262 e. The molecule has 5 nitrogen and oxygen atoms in total. The number of hydrogen-bond acceptors (Lipinski definition) is 4. The number of hydrogen-bond donors (Lipinski definition) is 0. The summed E-state index contributed by atoms with van der Waals surface area (Å²) in [7, 11) is 5.04. The highest BCUT2D eigenvalue weighted by Gasteiger charge is 2.26. The average molecular weight is 548 g/mol. The minimum atomic E-state index is -0.176. The lowest BCUT2D eigenvalue weighted by Gasteiger charge is -2.25. The van der Waals surface area contributed by atoms with Crippen molar-refractivity contribution in [1.29, 1.82) is 0 Å². The Labute approximate surface area is 220 Å². The van der Waals surface area contributed by atoms with E-state index in [1.165, 1.54) is 0 Å². The number of benzene rings is 4. The van der Waals surface area contributed by atoms with E-state index in [0.717, 1.165) is 33.2 Å². The van der Waals surface area contributed by atoms with Crippen molar-refractivity contribution >= 4 is 38.3 Å². The molecule has 0 N–H and O–H groups in total. The summed E-state index contributed by atoms with van der Waals surface area (Å²) in [5.41, 5.74) is 4.06. The molecular formula is C30H30BrNO4. The molecule has 0 saturated carbocycles. The summed E-state index contributed by atoms with van der Waals surface area (Å²) >= 11 is 3.58. The first kappa shape index (κ1) is 25.6. The van der Waals surface area contributed by atoms with E-state index >= 15 is 0 Å². The molecule has 0 unspecified atom stereocenters. The average Bonchev–Trinajstić information content (AvgIpc) is 2.88. The van der Waals surface area contributed by atoms with Gasteiger partial charge in [-0.2, -0.15) is 0 Å². The van der Waals surface area contributed by atoms with Crippen molar-refractivity contribution in [3.05, 3.63) is 82.3 Å². The number of amides is 1. The van der Waals surface area contributed by atoms with E-state index in [4.69, 9.17) is 14.2 Å². The molecule has 1 amide bonds. The van der Waals surface area contributed by atoms with Gasteiger partial charge in [0.2, 0.25) is 0 Å². The maximum absolute atomic E-state index is 14.0. The van der Waals surface area contributed by atoms with E-state index in [1.54, 1.807) is 26.2 Å². The van der Waals surface area contributed by atoms with E-state index in [0.29, 0.717) is 27.3 Å². The zero-order valence-corrected chi connectivity index (χ0v) is 23.0. The lowest BCUT2D eigenvalue weighted by atomic mass is 9.95. The highest BCUT2D eigenvalue weighted by atomic mass is 79.9. The molecule has 4 aromatic carbocycles. The number of fused-ring (bicyclic) bond motifs is 1. The number of halogens is 1. The molecule has 0 aliphatic carbocycles. The summed E-state index contributed by atoms with van der Waals surface area (Å²) in [4.78, 5) is 15.6. The molecule has 0 aliphatic heterocycles. The van der Waals surface area contributed by atoms with Crippen LogP contribution in [0.4, 0.5) is 5.69 Å². The number of nitrogens with zero attached hydrogens (tertiary/aromatic N) is 1. The Hall–Kier alpha value is -3.51. The predicted molar refractivity (Wildman–Crippen MR) is 150 cm³/mol. The topological polar surface area (TPSA) is 48.0 Å². The molecule has 4 rings (SSSR count). The van der Waals surface area contributed by atoms with Crippen LogP contribution < -0.4 is 19.1 Å². The van der Waals surface area contributed by atoms with E-state index < -0.39 is 0 Å². The van der Waals surface area contributed by atoms with Gasteiger partial charge in [-0.25, -0.2) is 0 Å². The van der Waals surface area contributed by atoms with Crippen molar-refractivity contribution in [3.63, 3.8) is 0 Å². The highest BCUT2D eigenvalue weighted by molar-refractivity contribution is 9.10. The SMILES string of the molecule is COc1cc2c(N(C)C(=O)c3c(Br)ccc(C)c3OC(C)C)cccc2c(-c2ccccc2)c1OC. The van der Waals surface area contributed by atoms with Gasteiger partial charge < -0.3 is 19.1 Å². The third-order valence-electron chi connectivity index (χ3n) is 6.10. The Morgan fingerprint density at radius 2 is 1.61 bits per heavy atom. The minimum Gasteiger partial charge on any atom is -0.493 e. The van der Waals surface area contributed by atoms with Gasteiger partial charge >= 0.3 is 0 Å². The van der Waals surface area contributed by atoms with Gasteiger partial charge in [-0.3, -0.25) is 4.79 Å². The number of anilines is 1. The summed E-state index contributed by atoms with van der Waals surface area (Å²) in [5, 5.41) is 1.83. The van der Waals surface area contributed by atoms with E-state index in [1.807, 2.05) is 87.5 Å². The molecule has 0 fully saturated rings. The summed E-state index contributed by atoms with van der Waals surface area (Å²) in [6, 6.07) is 21.7. The normalized spacial score (nSPS) is 11.0. The third-order valence-corrected chi connectivity index (χ3v) is 6.76. The van der Waals surface area contributed by atoms with Gasteiger partial charge in [-0.05, 0) is 71.4 Å². The summed E-state index contributed by atoms with van der Waals surface area (Å²) in [5.74, 6) is 1.65. The molecule has 0 radical (unpaired) electrons. The molecule has 0 saturated heterocycles. The first-order valence-electron chi connectivity index (χ1n) is 11.7.